The third-order valence-corrected chi connectivity index (χ3v) is 2.09. The van der Waals surface area contributed by atoms with Gasteiger partial charge in [-0.15, -0.1) is 0 Å². The van der Waals surface area contributed by atoms with Crippen LogP contribution in [0.5, 0.6) is 0 Å². The molecule has 0 fully saturated rings. The van der Waals surface area contributed by atoms with Crippen molar-refractivity contribution >= 4 is 17.9 Å². The van der Waals surface area contributed by atoms with Crippen LogP contribution in [0.2, 0.25) is 0 Å². The van der Waals surface area contributed by atoms with Gasteiger partial charge in [-0.05, 0) is 6.42 Å². The Morgan fingerprint density at radius 3 is 0.821 bits per heavy atom. The second-order valence-corrected chi connectivity index (χ2v) is 4.48. The Bertz CT molecular complexity index is 353. The predicted octanol–water partition coefficient (Wildman–Crippen LogP) is -0.898. The van der Waals surface area contributed by atoms with E-state index in [-0.39, 0.29) is 0 Å². The lowest BCUT2D eigenvalue weighted by Crippen LogP contribution is -2.37. The third-order valence-electron chi connectivity index (χ3n) is 2.09. The predicted molar refractivity (Wildman–Crippen MR) is 102 cm³/mol. The molecule has 0 saturated carbocycles. The van der Waals surface area contributed by atoms with Crippen LogP contribution in [0.25, 0.3) is 0 Å². The lowest BCUT2D eigenvalue weighted by Gasteiger charge is -2.23. The van der Waals surface area contributed by atoms with Gasteiger partial charge in [-0.25, -0.2) is 14.4 Å². The fourth-order valence-corrected chi connectivity index (χ4v) is 0.300. The molecule has 0 unspecified atom stereocenters. The van der Waals surface area contributed by atoms with E-state index in [1.165, 1.54) is 0 Å². The minimum absolute atomic E-state index is 0.319. The maximum atomic E-state index is 9.25. The monoisotopic (exact) mass is 412 g/mol. The molecule has 0 radical (unpaired) electrons. The number of carboxylic acid groups (broad SMARTS) is 3. The van der Waals surface area contributed by atoms with Gasteiger partial charge in [0.25, 0.3) is 0 Å². The Labute approximate surface area is 163 Å². The molecule has 166 valence electrons. The van der Waals surface area contributed by atoms with E-state index in [2.05, 4.69) is 19.7 Å². The topological polar surface area (TPSA) is 213 Å². The molecule has 0 amide bonds. The van der Waals surface area contributed by atoms with Crippen LogP contribution in [0, 0.1) is 5.41 Å². The summed E-state index contributed by atoms with van der Waals surface area (Å²) in [4.78, 5) is 27.8. The summed E-state index contributed by atoms with van der Waals surface area (Å²) in [6, 6.07) is 0. The van der Waals surface area contributed by atoms with Crippen LogP contribution >= 0.6 is 0 Å². The second kappa shape index (κ2) is 29.2. The first-order chi connectivity index (χ1) is 13.0. The average Bonchev–Trinajstić information content (AvgIpc) is 2.71. The van der Waals surface area contributed by atoms with E-state index in [0.717, 1.165) is 24.6 Å². The Kier molecular flexibility index (Phi) is 37.9. The summed E-state index contributed by atoms with van der Waals surface area (Å²) >= 11 is 0. The molecule has 11 nitrogen and oxygen atoms in total. The van der Waals surface area contributed by atoms with E-state index in [1.54, 1.807) is 0 Å². The van der Waals surface area contributed by atoms with Crippen molar-refractivity contribution in [2.45, 2.75) is 13.3 Å². The lowest BCUT2D eigenvalue weighted by molar-refractivity contribution is -0.132. The third kappa shape index (κ3) is 43.7. The molecular weight excluding hydrogens is 380 g/mol. The number of hydrogen-bond donors (Lipinski definition) is 8. The van der Waals surface area contributed by atoms with Gasteiger partial charge in [-0.2, -0.15) is 0 Å². The summed E-state index contributed by atoms with van der Waals surface area (Å²) in [7, 11) is 0. The molecule has 0 aromatic rings. The van der Waals surface area contributed by atoms with Crippen LogP contribution in [0.3, 0.4) is 0 Å². The van der Waals surface area contributed by atoms with Crippen molar-refractivity contribution in [2.24, 2.45) is 5.41 Å². The molecule has 0 aliphatic rings. The number of carboxylic acids is 3. The summed E-state index contributed by atoms with van der Waals surface area (Å²) in [6.07, 6.45) is 3.38. The summed E-state index contributed by atoms with van der Waals surface area (Å²) in [5.41, 5.74) is -1.11. The van der Waals surface area contributed by atoms with Crippen LogP contribution in [0.1, 0.15) is 13.3 Å². The van der Waals surface area contributed by atoms with Crippen molar-refractivity contribution in [3.63, 3.8) is 0 Å². The second-order valence-electron chi connectivity index (χ2n) is 4.48. The van der Waals surface area contributed by atoms with Gasteiger partial charge in [0.05, 0.1) is 31.8 Å². The van der Waals surface area contributed by atoms with Crippen molar-refractivity contribution < 1.29 is 55.2 Å². The SMILES string of the molecule is C=CC(=O)O.C=CC(=O)O.C=CC(=O)O.CCCO.OCC(CO)(CO)CO. The number of aliphatic hydroxyl groups excluding tert-OH is 5. The van der Waals surface area contributed by atoms with E-state index in [1.807, 2.05) is 6.92 Å². The zero-order chi connectivity index (χ0) is 23.6. The molecule has 0 aromatic heterocycles. The number of hydrogen-bond acceptors (Lipinski definition) is 8. The zero-order valence-corrected chi connectivity index (χ0v) is 15.9. The largest absolute Gasteiger partial charge is 0.478 e. The molecule has 0 bridgehead atoms. The Hall–Kier alpha value is -2.57. The first kappa shape index (κ1) is 36.4. The molecular formula is C17H32O11. The van der Waals surface area contributed by atoms with Crippen molar-refractivity contribution in [3.8, 4) is 0 Å². The smallest absolute Gasteiger partial charge is 0.327 e. The normalized spacial score (nSPS) is 8.36. The van der Waals surface area contributed by atoms with E-state index in [4.69, 9.17) is 40.9 Å². The maximum Gasteiger partial charge on any atom is 0.327 e. The summed E-state index contributed by atoms with van der Waals surface area (Å²) in [5, 5.41) is 64.7. The highest BCUT2D eigenvalue weighted by Crippen LogP contribution is 2.11. The van der Waals surface area contributed by atoms with Gasteiger partial charge in [-0.3, -0.25) is 0 Å². The molecule has 0 saturated heterocycles. The highest BCUT2D eigenvalue weighted by atomic mass is 16.4. The van der Waals surface area contributed by atoms with Gasteiger partial charge in [0.2, 0.25) is 0 Å². The van der Waals surface area contributed by atoms with E-state index >= 15 is 0 Å². The Balaban J connectivity index is -0.0000000819. The van der Waals surface area contributed by atoms with E-state index < -0.39 is 49.8 Å². The fourth-order valence-electron chi connectivity index (χ4n) is 0.300. The lowest BCUT2D eigenvalue weighted by atomic mass is 9.93. The van der Waals surface area contributed by atoms with Gasteiger partial charge in [0, 0.05) is 24.8 Å². The van der Waals surface area contributed by atoms with Crippen molar-refractivity contribution in [2.75, 3.05) is 33.0 Å². The minimum Gasteiger partial charge on any atom is -0.478 e. The summed E-state index contributed by atoms with van der Waals surface area (Å²) in [6.45, 7) is 9.51. The summed E-state index contributed by atoms with van der Waals surface area (Å²) < 4.78 is 0. The zero-order valence-electron chi connectivity index (χ0n) is 15.9. The summed E-state index contributed by atoms with van der Waals surface area (Å²) in [5.74, 6) is -2.94. The highest BCUT2D eigenvalue weighted by Gasteiger charge is 2.26. The van der Waals surface area contributed by atoms with E-state index in [0.29, 0.717) is 6.61 Å². The maximum absolute atomic E-state index is 9.25. The standard InChI is InChI=1S/C5H12O4.3C3H4O2.C3H8O/c6-1-5(2-7,3-8)4-9;3*1-2-3(4)5;1-2-3-4/h6-9H,1-4H2;3*2H,1H2,(H,4,5);4H,2-3H2,1H3. The number of aliphatic hydroxyl groups is 5. The number of rotatable bonds is 8. The van der Waals surface area contributed by atoms with Gasteiger partial charge < -0.3 is 40.9 Å². The minimum atomic E-state index is -1.11. The molecule has 0 aromatic carbocycles. The number of aliphatic carboxylic acids is 3. The average molecular weight is 412 g/mol. The van der Waals surface area contributed by atoms with Gasteiger partial charge in [0.1, 0.15) is 0 Å². The Morgan fingerprint density at radius 1 is 0.679 bits per heavy atom. The molecule has 28 heavy (non-hydrogen) atoms. The van der Waals surface area contributed by atoms with Crippen molar-refractivity contribution in [3.05, 3.63) is 38.0 Å². The Morgan fingerprint density at radius 2 is 0.821 bits per heavy atom. The molecule has 8 N–H and O–H groups in total. The quantitative estimate of drug-likeness (QED) is 0.229. The fraction of sp³-hybridized carbons (Fsp3) is 0.471. The number of carbonyl (C=O) groups is 3. The van der Waals surface area contributed by atoms with Gasteiger partial charge >= 0.3 is 17.9 Å². The van der Waals surface area contributed by atoms with Crippen molar-refractivity contribution in [1.82, 2.24) is 0 Å². The van der Waals surface area contributed by atoms with Crippen LogP contribution in [0.15, 0.2) is 38.0 Å². The molecule has 0 aliphatic carbocycles. The molecule has 0 atom stereocenters. The van der Waals surface area contributed by atoms with Crippen LogP contribution < -0.4 is 0 Å². The van der Waals surface area contributed by atoms with Crippen LogP contribution in [0.4, 0.5) is 0 Å². The first-order valence-electron chi connectivity index (χ1n) is 7.58. The van der Waals surface area contributed by atoms with Gasteiger partial charge in [0.15, 0.2) is 0 Å². The molecule has 11 heteroatoms. The molecule has 0 aliphatic heterocycles. The molecule has 0 spiro atoms. The van der Waals surface area contributed by atoms with Crippen LogP contribution in [-0.4, -0.2) is 91.8 Å². The first-order valence-corrected chi connectivity index (χ1v) is 7.58. The molecule has 0 rings (SSSR count). The van der Waals surface area contributed by atoms with Gasteiger partial charge in [-0.1, -0.05) is 26.7 Å². The molecule has 0 heterocycles. The van der Waals surface area contributed by atoms with Crippen molar-refractivity contribution in [1.29, 1.82) is 0 Å². The van der Waals surface area contributed by atoms with E-state index in [9.17, 15) is 14.4 Å². The van der Waals surface area contributed by atoms with Crippen LogP contribution in [-0.2, 0) is 14.4 Å². The highest BCUT2D eigenvalue weighted by molar-refractivity contribution is 5.79.